The summed E-state index contributed by atoms with van der Waals surface area (Å²) in [5.41, 5.74) is -0.00413. The van der Waals surface area contributed by atoms with Gasteiger partial charge in [0.15, 0.2) is 0 Å². The summed E-state index contributed by atoms with van der Waals surface area (Å²) in [6.07, 6.45) is 1.68. The van der Waals surface area contributed by atoms with Gasteiger partial charge in [0, 0.05) is 24.0 Å². The molecule has 0 aliphatic heterocycles. The quantitative estimate of drug-likeness (QED) is 0.315. The highest BCUT2D eigenvalue weighted by Crippen LogP contribution is 2.21. The lowest BCUT2D eigenvalue weighted by atomic mass is 10.0. The fourth-order valence-electron chi connectivity index (χ4n) is 3.97. The number of aromatic nitrogens is 1. The van der Waals surface area contributed by atoms with Crippen molar-refractivity contribution < 1.29 is 27.9 Å². The van der Waals surface area contributed by atoms with Gasteiger partial charge in [0.1, 0.15) is 10.5 Å². The summed E-state index contributed by atoms with van der Waals surface area (Å²) in [5.74, 6) is -1.35. The first-order valence-corrected chi connectivity index (χ1v) is 14.4. The number of alkyl carbamates (subject to hydrolysis) is 1. The highest BCUT2D eigenvalue weighted by Gasteiger charge is 2.22. The molecule has 4 aromatic rings. The minimum Gasteiger partial charge on any atom is -0.478 e. The number of carboxylic acids is 1. The predicted octanol–water partition coefficient (Wildman–Crippen LogP) is 4.81. The number of thiazole rings is 1. The van der Waals surface area contributed by atoms with E-state index >= 15 is 0 Å². The molecule has 9 nitrogen and oxygen atoms in total. The zero-order valence-corrected chi connectivity index (χ0v) is 23.4. The molecule has 204 valence electrons. The molecule has 11 heteroatoms. The molecule has 0 fully saturated rings. The smallest absolute Gasteiger partial charge is 0.407 e. The van der Waals surface area contributed by atoms with Crippen LogP contribution in [0.4, 0.5) is 4.79 Å². The molecule has 39 heavy (non-hydrogen) atoms. The van der Waals surface area contributed by atoms with Crippen molar-refractivity contribution in [1.82, 2.24) is 9.88 Å². The SMILES string of the molecule is CC(C)(C)OC(=O)NCCc1cn(Cc2cccc3ccccc23)/c(=N/S(=O)(=O)c2ccccc2C(=O)O)s1. The lowest BCUT2D eigenvalue weighted by molar-refractivity contribution is 0.0528. The molecule has 0 saturated carbocycles. The number of rotatable bonds is 8. The summed E-state index contributed by atoms with van der Waals surface area (Å²) in [7, 11) is -4.34. The number of nitrogens with zero attached hydrogens (tertiary/aromatic N) is 2. The van der Waals surface area contributed by atoms with Crippen LogP contribution in [0.5, 0.6) is 0 Å². The van der Waals surface area contributed by atoms with Gasteiger partial charge in [-0.3, -0.25) is 0 Å². The first kappa shape index (κ1) is 28.1. The van der Waals surface area contributed by atoms with Crippen molar-refractivity contribution in [2.45, 2.75) is 44.2 Å². The number of fused-ring (bicyclic) bond motifs is 1. The molecule has 0 bridgehead atoms. The maximum atomic E-state index is 13.3. The molecular weight excluding hydrogens is 538 g/mol. The Labute approximate surface area is 230 Å². The Kier molecular flexibility index (Phi) is 8.22. The highest BCUT2D eigenvalue weighted by atomic mass is 32.2. The molecule has 2 N–H and O–H groups in total. The Hall–Kier alpha value is -3.96. The van der Waals surface area contributed by atoms with Gasteiger partial charge in [-0.15, -0.1) is 15.7 Å². The largest absolute Gasteiger partial charge is 0.478 e. The Morgan fingerprint density at radius 1 is 1.03 bits per heavy atom. The lowest BCUT2D eigenvalue weighted by Crippen LogP contribution is -2.33. The van der Waals surface area contributed by atoms with E-state index in [2.05, 4.69) is 9.71 Å². The number of carboxylic acid groups (broad SMARTS) is 1. The number of hydrogen-bond donors (Lipinski definition) is 2. The first-order chi connectivity index (χ1) is 18.4. The van der Waals surface area contributed by atoms with Crippen molar-refractivity contribution in [2.24, 2.45) is 4.40 Å². The summed E-state index contributed by atoms with van der Waals surface area (Å²) in [5, 5.41) is 14.3. The average Bonchev–Trinajstić information content (AvgIpc) is 3.23. The van der Waals surface area contributed by atoms with Gasteiger partial charge in [0.2, 0.25) is 4.80 Å². The summed E-state index contributed by atoms with van der Waals surface area (Å²) >= 11 is 1.16. The van der Waals surface area contributed by atoms with Crippen molar-refractivity contribution in [1.29, 1.82) is 0 Å². The maximum absolute atomic E-state index is 13.3. The molecular formula is C28H29N3O6S2. The van der Waals surface area contributed by atoms with Gasteiger partial charge in [-0.05, 0) is 49.2 Å². The van der Waals surface area contributed by atoms with Crippen molar-refractivity contribution in [3.63, 3.8) is 0 Å². The Balaban J connectivity index is 1.72. The Morgan fingerprint density at radius 3 is 2.46 bits per heavy atom. The van der Waals surface area contributed by atoms with Crippen LogP contribution in [0.2, 0.25) is 0 Å². The second kappa shape index (κ2) is 11.4. The van der Waals surface area contributed by atoms with Crippen LogP contribution < -0.4 is 10.1 Å². The fourth-order valence-corrected chi connectivity index (χ4v) is 6.36. The van der Waals surface area contributed by atoms with Crippen molar-refractivity contribution in [2.75, 3.05) is 6.54 Å². The first-order valence-electron chi connectivity index (χ1n) is 12.2. The zero-order chi connectivity index (χ0) is 28.2. The maximum Gasteiger partial charge on any atom is 0.407 e. The summed E-state index contributed by atoms with van der Waals surface area (Å²) in [6, 6.07) is 19.2. The second-order valence-corrected chi connectivity index (χ2v) is 12.5. The van der Waals surface area contributed by atoms with E-state index < -0.39 is 27.7 Å². The number of hydrogen-bond acceptors (Lipinski definition) is 6. The normalized spacial score (nSPS) is 12.4. The lowest BCUT2D eigenvalue weighted by Gasteiger charge is -2.19. The molecule has 0 unspecified atom stereocenters. The third kappa shape index (κ3) is 7.12. The fraction of sp³-hybridized carbons (Fsp3) is 0.250. The van der Waals surface area contributed by atoms with E-state index in [-0.39, 0.29) is 21.8 Å². The molecule has 1 aromatic heterocycles. The van der Waals surface area contributed by atoms with Crippen LogP contribution in [0.3, 0.4) is 0 Å². The van der Waals surface area contributed by atoms with Crippen LogP contribution in [0.25, 0.3) is 10.8 Å². The Morgan fingerprint density at radius 2 is 1.72 bits per heavy atom. The molecule has 0 saturated heterocycles. The van der Waals surface area contributed by atoms with Gasteiger partial charge >= 0.3 is 12.1 Å². The van der Waals surface area contributed by atoms with Crippen LogP contribution in [0.15, 0.2) is 82.2 Å². The standard InChI is InChI=1S/C28H29N3O6S2/c1-28(2,3)37-27(34)29-16-15-21-18-31(17-20-11-8-10-19-9-4-5-12-22(19)20)26(38-21)30-39(35,36)24-14-7-6-13-23(24)25(32)33/h4-14,18H,15-17H2,1-3H3,(H,29,34)(H,32,33)/b30-26-. The van der Waals surface area contributed by atoms with E-state index in [1.54, 1.807) is 31.5 Å². The van der Waals surface area contributed by atoms with Crippen LogP contribution in [0, 0.1) is 0 Å². The molecule has 0 atom stereocenters. The summed E-state index contributed by atoms with van der Waals surface area (Å²) in [6.45, 7) is 5.94. The van der Waals surface area contributed by atoms with E-state index in [1.165, 1.54) is 24.3 Å². The summed E-state index contributed by atoms with van der Waals surface area (Å²) < 4.78 is 37.6. The van der Waals surface area contributed by atoms with Gasteiger partial charge < -0.3 is 19.7 Å². The number of benzene rings is 3. The molecule has 1 heterocycles. The predicted molar refractivity (Wildman–Crippen MR) is 149 cm³/mol. The number of nitrogens with one attached hydrogen (secondary N) is 1. The molecule has 0 aliphatic carbocycles. The number of ether oxygens (including phenoxy) is 1. The van der Waals surface area contributed by atoms with E-state index in [0.29, 0.717) is 13.0 Å². The van der Waals surface area contributed by atoms with Crippen LogP contribution in [0.1, 0.15) is 41.6 Å². The van der Waals surface area contributed by atoms with Crippen molar-refractivity contribution in [3.8, 4) is 0 Å². The number of amides is 1. The van der Waals surface area contributed by atoms with Crippen LogP contribution >= 0.6 is 11.3 Å². The highest BCUT2D eigenvalue weighted by molar-refractivity contribution is 7.90. The Bertz CT molecular complexity index is 1690. The number of carbonyl (C=O) groups is 2. The van der Waals surface area contributed by atoms with E-state index in [1.807, 2.05) is 42.5 Å². The van der Waals surface area contributed by atoms with Gasteiger partial charge in [-0.25, -0.2) is 9.59 Å². The van der Waals surface area contributed by atoms with Gasteiger partial charge in [-0.1, -0.05) is 54.6 Å². The average molecular weight is 568 g/mol. The topological polar surface area (TPSA) is 127 Å². The summed E-state index contributed by atoms with van der Waals surface area (Å²) in [4.78, 5) is 24.3. The van der Waals surface area contributed by atoms with E-state index in [0.717, 1.165) is 32.5 Å². The molecule has 0 aliphatic rings. The van der Waals surface area contributed by atoms with Gasteiger partial charge in [-0.2, -0.15) is 8.42 Å². The minimum atomic E-state index is -4.34. The van der Waals surface area contributed by atoms with Gasteiger partial charge in [0.25, 0.3) is 10.0 Å². The minimum absolute atomic E-state index is 0.190. The van der Waals surface area contributed by atoms with Crippen LogP contribution in [-0.4, -0.2) is 42.3 Å². The third-order valence-electron chi connectivity index (χ3n) is 5.62. The van der Waals surface area contributed by atoms with E-state index in [4.69, 9.17) is 4.74 Å². The molecule has 0 radical (unpaired) electrons. The number of carbonyl (C=O) groups excluding carboxylic acids is 1. The van der Waals surface area contributed by atoms with Crippen LogP contribution in [-0.2, 0) is 27.7 Å². The number of aromatic carboxylic acids is 1. The monoisotopic (exact) mass is 567 g/mol. The second-order valence-electron chi connectivity index (χ2n) is 9.79. The molecule has 0 spiro atoms. The number of sulfonamides is 1. The molecule has 3 aromatic carbocycles. The van der Waals surface area contributed by atoms with Crippen molar-refractivity contribution >= 4 is 44.2 Å². The zero-order valence-electron chi connectivity index (χ0n) is 21.7. The van der Waals surface area contributed by atoms with Crippen molar-refractivity contribution in [3.05, 3.63) is 93.7 Å². The molecule has 1 amide bonds. The third-order valence-corrected chi connectivity index (χ3v) is 8.14. The van der Waals surface area contributed by atoms with E-state index in [9.17, 15) is 23.1 Å². The van der Waals surface area contributed by atoms with Gasteiger partial charge in [0.05, 0.1) is 12.1 Å². The molecule has 4 rings (SSSR count).